The maximum Gasteiger partial charge on any atom is 0.0544 e. The molecular weight excluding hydrogens is 160 g/mol. The predicted molar refractivity (Wildman–Crippen MR) is 40.2 cm³/mol. The highest BCUT2D eigenvalue weighted by atomic mass is 32.2. The molecule has 0 aromatic rings. The topological polar surface area (TPSA) is 49.7 Å². The molecule has 0 saturated carbocycles. The maximum atomic E-state index is 8.26. The van der Waals surface area contributed by atoms with E-state index in [2.05, 4.69) is 0 Å². The number of aliphatic hydroxyl groups is 2. The number of aliphatic hydroxyl groups excluding tert-OH is 2. The minimum atomic E-state index is 0.129. The molecule has 5 heteroatoms. The van der Waals surface area contributed by atoms with Crippen molar-refractivity contribution in [2.24, 2.45) is 0 Å². The van der Waals surface area contributed by atoms with Gasteiger partial charge in [-0.1, -0.05) is 0 Å². The van der Waals surface area contributed by atoms with Gasteiger partial charge in [-0.25, -0.2) is 3.63 Å². The largest absolute Gasteiger partial charge is 0.395 e. The summed E-state index contributed by atoms with van der Waals surface area (Å²) >= 11 is 2.39. The molecule has 0 saturated heterocycles. The highest BCUT2D eigenvalue weighted by Crippen LogP contribution is 2.12. The molecule has 0 bridgehead atoms. The summed E-state index contributed by atoms with van der Waals surface area (Å²) < 4.78 is 4.83. The van der Waals surface area contributed by atoms with Crippen LogP contribution in [0.25, 0.3) is 0 Å². The molecule has 0 aliphatic heterocycles. The summed E-state index contributed by atoms with van der Waals surface area (Å²) in [7, 11) is 0. The Labute approximate surface area is 63.2 Å². The van der Waals surface area contributed by atoms with Crippen LogP contribution in [0.5, 0.6) is 0 Å². The van der Waals surface area contributed by atoms with Crippen LogP contribution in [0.3, 0.4) is 0 Å². The zero-order valence-corrected chi connectivity index (χ0v) is 6.58. The van der Waals surface area contributed by atoms with Crippen molar-refractivity contribution in [1.29, 1.82) is 0 Å². The third-order valence-electron chi connectivity index (χ3n) is 0.445. The number of rotatable bonds is 6. The fourth-order valence-corrected chi connectivity index (χ4v) is 1.14. The minimum Gasteiger partial charge on any atom is -0.395 e. The van der Waals surface area contributed by atoms with Gasteiger partial charge in [-0.05, 0) is 0 Å². The van der Waals surface area contributed by atoms with E-state index in [-0.39, 0.29) is 13.2 Å². The first-order chi connectivity index (χ1) is 4.41. The van der Waals surface area contributed by atoms with E-state index in [1.807, 2.05) is 0 Å². The summed E-state index contributed by atoms with van der Waals surface area (Å²) in [6, 6.07) is 0. The van der Waals surface area contributed by atoms with Gasteiger partial charge in [0.05, 0.1) is 13.2 Å². The van der Waals surface area contributed by atoms with Crippen molar-refractivity contribution in [3.63, 3.8) is 0 Å². The highest BCUT2D eigenvalue weighted by molar-refractivity contribution is 8.07. The predicted octanol–water partition coefficient (Wildman–Crippen LogP) is 0.284. The summed E-state index contributed by atoms with van der Waals surface area (Å²) in [5.74, 6) is 1.16. The fraction of sp³-hybridized carbons (Fsp3) is 1.00. The van der Waals surface area contributed by atoms with Gasteiger partial charge in [0.2, 0.25) is 0 Å². The van der Waals surface area contributed by atoms with Crippen LogP contribution in [0.2, 0.25) is 0 Å². The van der Waals surface area contributed by atoms with Crippen LogP contribution in [0.15, 0.2) is 0 Å². The van der Waals surface area contributed by atoms with Crippen molar-refractivity contribution >= 4 is 24.1 Å². The molecule has 0 fully saturated rings. The van der Waals surface area contributed by atoms with Crippen molar-refractivity contribution in [2.75, 3.05) is 24.7 Å². The van der Waals surface area contributed by atoms with E-state index in [9.17, 15) is 0 Å². The van der Waals surface area contributed by atoms with Crippen molar-refractivity contribution in [3.05, 3.63) is 0 Å². The van der Waals surface area contributed by atoms with Crippen LogP contribution in [0.1, 0.15) is 0 Å². The van der Waals surface area contributed by atoms with Crippen LogP contribution in [0, 0.1) is 0 Å². The lowest BCUT2D eigenvalue weighted by Crippen LogP contribution is -1.87. The first-order valence-corrected chi connectivity index (χ1v) is 4.36. The molecular formula is C4H10O3S2. The van der Waals surface area contributed by atoms with Gasteiger partial charge in [-0.3, -0.25) is 0 Å². The third kappa shape index (κ3) is 8.58. The van der Waals surface area contributed by atoms with E-state index >= 15 is 0 Å². The van der Waals surface area contributed by atoms with Gasteiger partial charge >= 0.3 is 0 Å². The summed E-state index contributed by atoms with van der Waals surface area (Å²) in [6.45, 7) is 0.259. The number of hydrogen-bond acceptors (Lipinski definition) is 5. The summed E-state index contributed by atoms with van der Waals surface area (Å²) in [6.07, 6.45) is 0. The Morgan fingerprint density at radius 2 is 1.44 bits per heavy atom. The third-order valence-corrected chi connectivity index (χ3v) is 1.91. The van der Waals surface area contributed by atoms with Crippen molar-refractivity contribution < 1.29 is 13.8 Å². The van der Waals surface area contributed by atoms with Crippen molar-refractivity contribution in [2.45, 2.75) is 0 Å². The molecule has 0 spiro atoms. The van der Waals surface area contributed by atoms with E-state index in [0.29, 0.717) is 11.5 Å². The molecule has 0 unspecified atom stereocenters. The Kier molecular flexibility index (Phi) is 9.13. The minimum absolute atomic E-state index is 0.129. The average molecular weight is 170 g/mol. The van der Waals surface area contributed by atoms with Crippen LogP contribution < -0.4 is 0 Å². The molecule has 3 nitrogen and oxygen atoms in total. The lowest BCUT2D eigenvalue weighted by Gasteiger charge is -1.95. The summed E-state index contributed by atoms with van der Waals surface area (Å²) in [5, 5.41) is 16.5. The highest BCUT2D eigenvalue weighted by Gasteiger charge is 1.87. The van der Waals surface area contributed by atoms with Crippen LogP contribution >= 0.6 is 24.1 Å². The smallest absolute Gasteiger partial charge is 0.0544 e. The summed E-state index contributed by atoms with van der Waals surface area (Å²) in [4.78, 5) is 0. The van der Waals surface area contributed by atoms with Gasteiger partial charge in [0.15, 0.2) is 0 Å². The Morgan fingerprint density at radius 3 is 1.78 bits per heavy atom. The van der Waals surface area contributed by atoms with Gasteiger partial charge in [0.1, 0.15) is 0 Å². The molecule has 0 heterocycles. The molecule has 0 aliphatic rings. The monoisotopic (exact) mass is 170 g/mol. The van der Waals surface area contributed by atoms with Gasteiger partial charge < -0.3 is 10.2 Å². The van der Waals surface area contributed by atoms with Gasteiger partial charge in [0.25, 0.3) is 0 Å². The fourth-order valence-electron chi connectivity index (χ4n) is 0.177. The summed E-state index contributed by atoms with van der Waals surface area (Å²) in [5.41, 5.74) is 0. The molecule has 0 aromatic carbocycles. The number of hydrogen-bond donors (Lipinski definition) is 2. The zero-order chi connectivity index (χ0) is 6.95. The van der Waals surface area contributed by atoms with E-state index in [1.165, 1.54) is 24.1 Å². The van der Waals surface area contributed by atoms with Gasteiger partial charge in [-0.15, -0.1) is 0 Å². The molecule has 0 rings (SSSR count). The Balaban J connectivity index is 2.60. The second-order valence-corrected chi connectivity index (χ2v) is 2.99. The lowest BCUT2D eigenvalue weighted by atomic mass is 10.9. The second-order valence-electron chi connectivity index (χ2n) is 1.16. The van der Waals surface area contributed by atoms with Crippen molar-refractivity contribution in [1.82, 2.24) is 0 Å². The van der Waals surface area contributed by atoms with Gasteiger partial charge in [0, 0.05) is 35.6 Å². The van der Waals surface area contributed by atoms with E-state index in [1.54, 1.807) is 0 Å². The lowest BCUT2D eigenvalue weighted by molar-refractivity contribution is 0.320. The molecule has 9 heavy (non-hydrogen) atoms. The normalized spacial score (nSPS) is 10.0. The van der Waals surface area contributed by atoms with E-state index in [4.69, 9.17) is 13.8 Å². The first kappa shape index (κ1) is 9.58. The van der Waals surface area contributed by atoms with Crippen LogP contribution in [-0.2, 0) is 3.63 Å². The molecule has 0 radical (unpaired) electrons. The van der Waals surface area contributed by atoms with E-state index in [0.717, 1.165) is 0 Å². The quantitative estimate of drug-likeness (QED) is 0.443. The standard InChI is InChI=1S/C4H10O3S2/c5-1-3-8-7-9-4-2-6/h5-6H,1-4H2. The SMILES string of the molecule is OCCSOSCCO. The molecule has 2 N–H and O–H groups in total. The van der Waals surface area contributed by atoms with Crippen LogP contribution in [-0.4, -0.2) is 34.9 Å². The molecule has 56 valence electrons. The maximum absolute atomic E-state index is 8.26. The first-order valence-electron chi connectivity index (χ1n) is 2.54. The Hall–Kier alpha value is 0.580. The molecule has 0 amide bonds. The van der Waals surface area contributed by atoms with E-state index < -0.39 is 0 Å². The Morgan fingerprint density at radius 1 is 1.00 bits per heavy atom. The average Bonchev–Trinajstić information content (AvgIpc) is 1.89. The molecule has 0 atom stereocenters. The second kappa shape index (κ2) is 8.58. The Bertz CT molecular complexity index is 47.1. The van der Waals surface area contributed by atoms with Crippen LogP contribution in [0.4, 0.5) is 0 Å². The van der Waals surface area contributed by atoms with Crippen molar-refractivity contribution in [3.8, 4) is 0 Å². The zero-order valence-electron chi connectivity index (χ0n) is 4.95. The van der Waals surface area contributed by atoms with Gasteiger partial charge in [-0.2, -0.15) is 0 Å². The molecule has 0 aromatic heterocycles. The molecule has 0 aliphatic carbocycles.